The van der Waals surface area contributed by atoms with E-state index in [0.717, 1.165) is 34.4 Å². The van der Waals surface area contributed by atoms with Gasteiger partial charge in [-0.3, -0.25) is 0 Å². The van der Waals surface area contributed by atoms with Crippen LogP contribution in [0.4, 0.5) is 5.69 Å². The highest BCUT2D eigenvalue weighted by atomic mass is 32.2. The number of hydrogen-bond acceptors (Lipinski definition) is 4. The average molecular weight is 338 g/mol. The Morgan fingerprint density at radius 1 is 1.21 bits per heavy atom. The van der Waals surface area contributed by atoms with Crippen molar-refractivity contribution in [3.8, 4) is 11.3 Å². The van der Waals surface area contributed by atoms with Gasteiger partial charge in [-0.05, 0) is 38.0 Å². The predicted molar refractivity (Wildman–Crippen MR) is 98.8 cm³/mol. The molecule has 0 spiro atoms. The minimum absolute atomic E-state index is 0.500. The third-order valence-electron chi connectivity index (χ3n) is 4.86. The van der Waals surface area contributed by atoms with Crippen LogP contribution in [0.3, 0.4) is 0 Å². The minimum Gasteiger partial charge on any atom is -0.440 e. The number of aromatic amines is 1. The lowest BCUT2D eigenvalue weighted by Gasteiger charge is -2.27. The monoisotopic (exact) mass is 338 g/mol. The van der Waals surface area contributed by atoms with Gasteiger partial charge < -0.3 is 18.9 Å². The maximum Gasteiger partial charge on any atom is 0.0485 e. The Kier molecular flexibility index (Phi) is 3.81. The summed E-state index contributed by atoms with van der Waals surface area (Å²) in [6, 6.07) is 16.5. The first-order valence-corrected chi connectivity index (χ1v) is 9.40. The molecule has 0 saturated carbocycles. The summed E-state index contributed by atoms with van der Waals surface area (Å²) in [5.41, 5.74) is 4.28. The average Bonchev–Trinajstić information content (AvgIpc) is 3.20. The number of rotatable bonds is 3. The molecular formula is C19H20N3OS-. The first-order valence-electron chi connectivity index (χ1n) is 8.25. The topological polar surface area (TPSA) is 60.0 Å². The Morgan fingerprint density at radius 3 is 2.75 bits per heavy atom. The highest BCUT2D eigenvalue weighted by Gasteiger charge is 2.23. The Bertz CT molecular complexity index is 933. The van der Waals surface area contributed by atoms with Crippen LogP contribution in [0, 0.1) is 4.78 Å². The van der Waals surface area contributed by atoms with E-state index in [4.69, 9.17) is 4.78 Å². The van der Waals surface area contributed by atoms with E-state index >= 15 is 0 Å². The number of H-pyrrole nitrogens is 1. The van der Waals surface area contributed by atoms with Crippen molar-refractivity contribution in [3.05, 3.63) is 48.5 Å². The maximum absolute atomic E-state index is 11.7. The van der Waals surface area contributed by atoms with Crippen LogP contribution in [-0.4, -0.2) is 17.6 Å². The van der Waals surface area contributed by atoms with Crippen LogP contribution in [0.2, 0.25) is 0 Å². The molecule has 1 saturated heterocycles. The van der Waals surface area contributed by atoms with E-state index in [-0.39, 0.29) is 0 Å². The fraction of sp³-hybridized carbons (Fsp3) is 0.263. The smallest absolute Gasteiger partial charge is 0.0485 e. The normalized spacial score (nSPS) is 17.9. The van der Waals surface area contributed by atoms with Crippen LogP contribution in [-0.2, 0) is 14.8 Å². The molecule has 0 bridgehead atoms. The Labute approximate surface area is 143 Å². The lowest BCUT2D eigenvalue weighted by atomic mass is 10.1. The molecule has 24 heavy (non-hydrogen) atoms. The van der Waals surface area contributed by atoms with Crippen LogP contribution in [0.25, 0.3) is 22.2 Å². The third-order valence-corrected chi connectivity index (χ3v) is 5.55. The molecular weight excluding hydrogens is 318 g/mol. The molecule has 0 amide bonds. The van der Waals surface area contributed by atoms with E-state index in [1.54, 1.807) is 0 Å². The fourth-order valence-corrected chi connectivity index (χ4v) is 4.02. The summed E-state index contributed by atoms with van der Waals surface area (Å²) in [4.78, 5) is 6.43. The number of nitrogens with one attached hydrogen (secondary N) is 2. The van der Waals surface area contributed by atoms with Gasteiger partial charge >= 0.3 is 0 Å². The van der Waals surface area contributed by atoms with Crippen molar-refractivity contribution in [1.29, 1.82) is 4.78 Å². The highest BCUT2D eigenvalue weighted by Crippen LogP contribution is 2.37. The molecule has 4 nitrogen and oxygen atoms in total. The van der Waals surface area contributed by atoms with Crippen molar-refractivity contribution >= 4 is 27.2 Å². The van der Waals surface area contributed by atoms with Gasteiger partial charge in [0.1, 0.15) is 0 Å². The molecule has 5 heteroatoms. The van der Waals surface area contributed by atoms with Gasteiger partial charge in [0.05, 0.1) is 0 Å². The summed E-state index contributed by atoms with van der Waals surface area (Å²) >= 11 is 0. The molecule has 1 aliphatic heterocycles. The van der Waals surface area contributed by atoms with Crippen molar-refractivity contribution in [3.63, 3.8) is 0 Å². The van der Waals surface area contributed by atoms with Gasteiger partial charge in [0.25, 0.3) is 0 Å². The Morgan fingerprint density at radius 2 is 2.04 bits per heavy atom. The minimum atomic E-state index is -1.73. The molecule has 0 unspecified atom stereocenters. The number of anilines is 1. The number of aromatic nitrogens is 1. The fourth-order valence-electron chi connectivity index (χ4n) is 3.61. The number of benzene rings is 2. The van der Waals surface area contributed by atoms with E-state index in [1.165, 1.54) is 12.8 Å². The van der Waals surface area contributed by atoms with Crippen LogP contribution < -0.4 is 4.90 Å². The van der Waals surface area contributed by atoms with Crippen molar-refractivity contribution in [2.75, 3.05) is 11.4 Å². The molecule has 124 valence electrons. The third kappa shape index (κ3) is 2.59. The molecule has 4 rings (SSSR count). The number of nitrogens with zero attached hydrogens (tertiary/aromatic N) is 1. The molecule has 1 atom stereocenters. The molecule has 1 aliphatic rings. The van der Waals surface area contributed by atoms with Gasteiger partial charge in [-0.1, -0.05) is 35.2 Å². The van der Waals surface area contributed by atoms with E-state index in [0.29, 0.717) is 10.9 Å². The largest absolute Gasteiger partial charge is 0.440 e. The van der Waals surface area contributed by atoms with Crippen molar-refractivity contribution < 1.29 is 4.21 Å². The van der Waals surface area contributed by atoms with Gasteiger partial charge in [-0.25, -0.2) is 0 Å². The second-order valence-electron chi connectivity index (χ2n) is 6.40. The second kappa shape index (κ2) is 5.98. The van der Waals surface area contributed by atoms with Crippen molar-refractivity contribution in [2.45, 2.75) is 30.7 Å². The summed E-state index contributed by atoms with van der Waals surface area (Å²) in [6.07, 6.45) is 2.39. The standard InChI is InChI=1S/C19H20N3OS/c1-13-5-4-10-22(13)19-9-8-15(24(20)23)12-16(19)18-11-14-6-2-3-7-17(14)21-18/h2-3,6-9,11-13,20-21H,4-5,10H2,1H3/q-1/t13-/m1/s1. The first-order chi connectivity index (χ1) is 11.6. The zero-order valence-electron chi connectivity index (χ0n) is 13.6. The lowest BCUT2D eigenvalue weighted by Crippen LogP contribution is -2.26. The second-order valence-corrected chi connectivity index (χ2v) is 7.41. The first kappa shape index (κ1) is 15.3. The summed E-state index contributed by atoms with van der Waals surface area (Å²) in [7, 11) is -1.73. The van der Waals surface area contributed by atoms with Crippen LogP contribution in [0.15, 0.2) is 53.4 Å². The van der Waals surface area contributed by atoms with E-state index in [1.807, 2.05) is 30.3 Å². The molecule has 2 heterocycles. The lowest BCUT2D eigenvalue weighted by molar-refractivity contribution is 0.599. The molecule has 3 aromatic rings. The van der Waals surface area contributed by atoms with Crippen LogP contribution in [0.1, 0.15) is 19.8 Å². The Balaban J connectivity index is 1.91. The molecule has 0 radical (unpaired) electrons. The summed E-state index contributed by atoms with van der Waals surface area (Å²) in [5.74, 6) is 0. The SMILES string of the molecule is C[C@@H]1CCCN1c1ccc([S-](=N)=O)cc1-c1cc2ccccc2[nH]1. The number of fused-ring (bicyclic) bond motifs is 1. The quantitative estimate of drug-likeness (QED) is 0.667. The molecule has 1 fully saturated rings. The van der Waals surface area contributed by atoms with E-state index < -0.39 is 10.6 Å². The molecule has 1 aromatic heterocycles. The summed E-state index contributed by atoms with van der Waals surface area (Å²) in [5, 5.41) is 1.16. The zero-order chi connectivity index (χ0) is 16.7. The highest BCUT2D eigenvalue weighted by molar-refractivity contribution is 7.73. The molecule has 2 aromatic carbocycles. The van der Waals surface area contributed by atoms with Gasteiger partial charge in [0.15, 0.2) is 0 Å². The van der Waals surface area contributed by atoms with Gasteiger partial charge in [-0.2, -0.15) is 10.6 Å². The van der Waals surface area contributed by atoms with Crippen LogP contribution in [0.5, 0.6) is 0 Å². The van der Waals surface area contributed by atoms with Gasteiger partial charge in [0, 0.05) is 40.4 Å². The number of hydrogen-bond donors (Lipinski definition) is 2. The van der Waals surface area contributed by atoms with Gasteiger partial charge in [-0.15, -0.1) is 0 Å². The van der Waals surface area contributed by atoms with E-state index in [2.05, 4.69) is 35.0 Å². The number of para-hydroxylation sites is 1. The predicted octanol–water partition coefficient (Wildman–Crippen LogP) is 4.91. The summed E-state index contributed by atoms with van der Waals surface area (Å²) < 4.78 is 19.2. The van der Waals surface area contributed by atoms with Crippen molar-refractivity contribution in [2.24, 2.45) is 0 Å². The Hall–Kier alpha value is -2.27. The van der Waals surface area contributed by atoms with Gasteiger partial charge in [0.2, 0.25) is 0 Å². The molecule has 0 aliphatic carbocycles. The van der Waals surface area contributed by atoms with Crippen LogP contribution >= 0.6 is 0 Å². The van der Waals surface area contributed by atoms with E-state index in [9.17, 15) is 4.21 Å². The van der Waals surface area contributed by atoms with Crippen molar-refractivity contribution in [1.82, 2.24) is 4.98 Å². The summed E-state index contributed by atoms with van der Waals surface area (Å²) in [6.45, 7) is 3.29. The zero-order valence-corrected chi connectivity index (χ0v) is 14.4. The molecule has 2 N–H and O–H groups in total. The maximum atomic E-state index is 11.7.